The van der Waals surface area contributed by atoms with Gasteiger partial charge in [0.25, 0.3) is 0 Å². The summed E-state index contributed by atoms with van der Waals surface area (Å²) >= 11 is 0. The third kappa shape index (κ3) is 3.47. The number of aryl methyl sites for hydroxylation is 2. The molecule has 5 heteroatoms. The van der Waals surface area contributed by atoms with Crippen LogP contribution in [0.4, 0.5) is 0 Å². The van der Waals surface area contributed by atoms with Crippen molar-refractivity contribution < 1.29 is 18.7 Å². The van der Waals surface area contributed by atoms with Crippen LogP contribution in [0.1, 0.15) is 28.4 Å². The van der Waals surface area contributed by atoms with Crippen LogP contribution in [0.15, 0.2) is 51.7 Å². The number of ketones is 1. The van der Waals surface area contributed by atoms with Crippen molar-refractivity contribution in [3.05, 3.63) is 69.6 Å². The fraction of sp³-hybridized carbons (Fsp3) is 0.238. The molecule has 0 atom stereocenters. The van der Waals surface area contributed by atoms with E-state index >= 15 is 0 Å². The van der Waals surface area contributed by atoms with Crippen LogP contribution in [-0.2, 0) is 6.42 Å². The molecule has 0 radical (unpaired) electrons. The highest BCUT2D eigenvalue weighted by atomic mass is 16.5. The van der Waals surface area contributed by atoms with E-state index in [9.17, 15) is 9.59 Å². The molecule has 0 amide bonds. The fourth-order valence-electron chi connectivity index (χ4n) is 2.86. The van der Waals surface area contributed by atoms with E-state index in [0.717, 1.165) is 17.4 Å². The van der Waals surface area contributed by atoms with E-state index in [1.165, 1.54) is 6.07 Å². The lowest BCUT2D eigenvalue weighted by Gasteiger charge is -2.11. The Morgan fingerprint density at radius 1 is 1.12 bits per heavy atom. The summed E-state index contributed by atoms with van der Waals surface area (Å²) in [5, 5.41) is 0.887. The predicted molar refractivity (Wildman–Crippen MR) is 99.4 cm³/mol. The maximum absolute atomic E-state index is 12.3. The molecule has 0 saturated carbocycles. The Kier molecular flexibility index (Phi) is 5.07. The second-order valence-electron chi connectivity index (χ2n) is 5.95. The Morgan fingerprint density at radius 3 is 2.50 bits per heavy atom. The molecule has 134 valence electrons. The molecule has 0 aliphatic heterocycles. The minimum absolute atomic E-state index is 0.101. The monoisotopic (exact) mass is 352 g/mol. The van der Waals surface area contributed by atoms with Gasteiger partial charge < -0.3 is 13.9 Å². The first-order valence-electron chi connectivity index (χ1n) is 8.40. The number of ether oxygens (including phenoxy) is 2. The van der Waals surface area contributed by atoms with Gasteiger partial charge in [-0.25, -0.2) is 4.79 Å². The SMILES string of the molecule is CCc1cc(=O)oc2c(C)c(OCC(=O)c3ccc(OC)cc3)ccc12. The Morgan fingerprint density at radius 2 is 1.85 bits per heavy atom. The number of methoxy groups -OCH3 is 1. The molecule has 0 N–H and O–H groups in total. The molecule has 3 aromatic rings. The van der Waals surface area contributed by atoms with E-state index in [4.69, 9.17) is 13.9 Å². The molecule has 0 aliphatic carbocycles. The minimum Gasteiger partial charge on any atom is -0.497 e. The highest BCUT2D eigenvalue weighted by Gasteiger charge is 2.13. The topological polar surface area (TPSA) is 65.7 Å². The zero-order chi connectivity index (χ0) is 18.7. The molecule has 26 heavy (non-hydrogen) atoms. The van der Waals surface area contributed by atoms with Gasteiger partial charge in [-0.2, -0.15) is 0 Å². The minimum atomic E-state index is -0.385. The van der Waals surface area contributed by atoms with Gasteiger partial charge in [-0.1, -0.05) is 6.92 Å². The lowest BCUT2D eigenvalue weighted by molar-refractivity contribution is 0.0921. The quantitative estimate of drug-likeness (QED) is 0.497. The number of Topliss-reactive ketones (excluding diaryl/α,β-unsaturated/α-hetero) is 1. The first-order chi connectivity index (χ1) is 12.5. The second-order valence-corrected chi connectivity index (χ2v) is 5.95. The lowest BCUT2D eigenvalue weighted by Crippen LogP contribution is -2.12. The number of rotatable bonds is 6. The lowest BCUT2D eigenvalue weighted by atomic mass is 10.0. The molecule has 5 nitrogen and oxygen atoms in total. The molecule has 0 fully saturated rings. The van der Waals surface area contributed by atoms with Crippen LogP contribution < -0.4 is 15.1 Å². The van der Waals surface area contributed by atoms with Gasteiger partial charge in [0.2, 0.25) is 0 Å². The van der Waals surface area contributed by atoms with Crippen molar-refractivity contribution in [3.63, 3.8) is 0 Å². The maximum Gasteiger partial charge on any atom is 0.336 e. The van der Waals surface area contributed by atoms with Crippen LogP contribution in [0.3, 0.4) is 0 Å². The molecule has 1 aromatic heterocycles. The van der Waals surface area contributed by atoms with Crippen LogP contribution in [0, 0.1) is 6.92 Å². The largest absolute Gasteiger partial charge is 0.497 e. The summed E-state index contributed by atoms with van der Waals surface area (Å²) in [7, 11) is 1.57. The molecule has 0 unspecified atom stereocenters. The summed E-state index contributed by atoms with van der Waals surface area (Å²) < 4.78 is 16.1. The number of carbonyl (C=O) groups excluding carboxylic acids is 1. The van der Waals surface area contributed by atoms with Crippen LogP contribution >= 0.6 is 0 Å². The average molecular weight is 352 g/mol. The number of hydrogen-bond donors (Lipinski definition) is 0. The summed E-state index contributed by atoms with van der Waals surface area (Å²) in [6.07, 6.45) is 0.734. The molecule has 0 saturated heterocycles. The second kappa shape index (κ2) is 7.44. The van der Waals surface area contributed by atoms with Gasteiger partial charge in [-0.3, -0.25) is 4.79 Å². The Hall–Kier alpha value is -3.08. The third-order valence-corrected chi connectivity index (χ3v) is 4.35. The molecule has 0 bridgehead atoms. The summed E-state index contributed by atoms with van der Waals surface area (Å²) in [6, 6.07) is 12.0. The number of hydrogen-bond acceptors (Lipinski definition) is 5. The maximum atomic E-state index is 12.3. The molecular weight excluding hydrogens is 332 g/mol. The molecule has 0 spiro atoms. The van der Waals surface area contributed by atoms with Crippen molar-refractivity contribution in [2.45, 2.75) is 20.3 Å². The third-order valence-electron chi connectivity index (χ3n) is 4.35. The molecule has 3 rings (SSSR count). The van der Waals surface area contributed by atoms with E-state index in [1.54, 1.807) is 37.4 Å². The summed E-state index contributed by atoms with van der Waals surface area (Å²) in [6.45, 7) is 3.70. The van der Waals surface area contributed by atoms with Gasteiger partial charge in [0.15, 0.2) is 12.4 Å². The Balaban J connectivity index is 1.83. The predicted octanol–water partition coefficient (Wildman–Crippen LogP) is 3.93. The van der Waals surface area contributed by atoms with Crippen LogP contribution in [0.25, 0.3) is 11.0 Å². The van der Waals surface area contributed by atoms with E-state index in [0.29, 0.717) is 28.2 Å². The van der Waals surface area contributed by atoms with E-state index in [-0.39, 0.29) is 18.0 Å². The van der Waals surface area contributed by atoms with Gasteiger partial charge in [-0.05, 0) is 55.3 Å². The highest BCUT2D eigenvalue weighted by molar-refractivity contribution is 5.97. The van der Waals surface area contributed by atoms with E-state index < -0.39 is 0 Å². The van der Waals surface area contributed by atoms with Crippen molar-refractivity contribution >= 4 is 16.8 Å². The van der Waals surface area contributed by atoms with Gasteiger partial charge >= 0.3 is 5.63 Å². The van der Waals surface area contributed by atoms with E-state index in [2.05, 4.69) is 0 Å². The zero-order valence-corrected chi connectivity index (χ0v) is 15.0. The molecule has 2 aromatic carbocycles. The van der Waals surface area contributed by atoms with Gasteiger partial charge in [0.05, 0.1) is 7.11 Å². The zero-order valence-electron chi connectivity index (χ0n) is 15.0. The fourth-order valence-corrected chi connectivity index (χ4v) is 2.86. The summed E-state index contributed by atoms with van der Waals surface area (Å²) in [5.74, 6) is 1.07. The van der Waals surface area contributed by atoms with Gasteiger partial charge in [0, 0.05) is 22.6 Å². The van der Waals surface area contributed by atoms with Crippen LogP contribution in [-0.4, -0.2) is 19.5 Å². The first kappa shape index (κ1) is 17.7. The number of benzene rings is 2. The van der Waals surface area contributed by atoms with Crippen molar-refractivity contribution in [1.82, 2.24) is 0 Å². The number of fused-ring (bicyclic) bond motifs is 1. The summed E-state index contributed by atoms with van der Waals surface area (Å²) in [5.41, 5.74) is 2.30. The highest BCUT2D eigenvalue weighted by Crippen LogP contribution is 2.28. The van der Waals surface area contributed by atoms with Gasteiger partial charge in [-0.15, -0.1) is 0 Å². The van der Waals surface area contributed by atoms with Crippen molar-refractivity contribution in [2.24, 2.45) is 0 Å². The van der Waals surface area contributed by atoms with E-state index in [1.807, 2.05) is 19.9 Å². The molecular formula is C21H20O5. The summed E-state index contributed by atoms with van der Waals surface area (Å²) in [4.78, 5) is 24.1. The average Bonchev–Trinajstić information content (AvgIpc) is 2.67. The molecule has 1 heterocycles. The van der Waals surface area contributed by atoms with Gasteiger partial charge in [0.1, 0.15) is 17.1 Å². The van der Waals surface area contributed by atoms with Crippen LogP contribution in [0.2, 0.25) is 0 Å². The van der Waals surface area contributed by atoms with Crippen molar-refractivity contribution in [2.75, 3.05) is 13.7 Å². The van der Waals surface area contributed by atoms with Crippen molar-refractivity contribution in [3.8, 4) is 11.5 Å². The normalized spacial score (nSPS) is 10.7. The standard InChI is InChI=1S/C21H20O5/c1-4-14-11-20(23)26-21-13(2)19(10-9-17(14)21)25-12-18(22)15-5-7-16(24-3)8-6-15/h5-11H,4,12H2,1-3H3. The smallest absolute Gasteiger partial charge is 0.336 e. The van der Waals surface area contributed by atoms with Crippen LogP contribution in [0.5, 0.6) is 11.5 Å². The van der Waals surface area contributed by atoms with Crippen molar-refractivity contribution in [1.29, 1.82) is 0 Å². The first-order valence-corrected chi connectivity index (χ1v) is 8.40. The number of carbonyl (C=O) groups is 1. The Labute approximate surface area is 151 Å². The Bertz CT molecular complexity index is 999. The molecule has 0 aliphatic rings.